The number of hydrogen-bond acceptors (Lipinski definition) is 27. The van der Waals surface area contributed by atoms with Gasteiger partial charge in [0.2, 0.25) is 0 Å². The molecule has 0 spiro atoms. The highest BCUT2D eigenvalue weighted by Gasteiger charge is 2.59. The Hall–Kier alpha value is -2.98. The van der Waals surface area contributed by atoms with E-state index >= 15 is 0 Å². The van der Waals surface area contributed by atoms with Gasteiger partial charge >= 0.3 is 52.4 Å². The van der Waals surface area contributed by atoms with Crippen molar-refractivity contribution in [1.82, 2.24) is 51.2 Å². The summed E-state index contributed by atoms with van der Waals surface area (Å²) in [5, 5.41) is 119. The number of carboxylic acid groups (broad SMARTS) is 4. The molecule has 39 nitrogen and oxygen atoms in total. The second-order valence-electron chi connectivity index (χ2n) is 28.2. The lowest BCUT2D eigenvalue weighted by Crippen LogP contribution is -2.65. The summed E-state index contributed by atoms with van der Waals surface area (Å²) in [5.74, 6) is -7.27. The molecular formula is C52H103B4N15O24S4. The highest BCUT2D eigenvalue weighted by Crippen LogP contribution is 2.40. The highest BCUT2D eigenvalue weighted by molar-refractivity contribution is 7.87. The summed E-state index contributed by atoms with van der Waals surface area (Å²) < 4.78 is 115. The first-order chi connectivity index (χ1) is 46.1. The molecule has 9 aliphatic heterocycles. The van der Waals surface area contributed by atoms with Gasteiger partial charge in [-0.15, -0.1) is 0 Å². The molecule has 5 unspecified atom stereocenters. The van der Waals surface area contributed by atoms with Crippen LogP contribution in [-0.2, 0) is 60.0 Å². The zero-order chi connectivity index (χ0) is 73.4. The van der Waals surface area contributed by atoms with Crippen LogP contribution in [0.1, 0.15) is 103 Å². The van der Waals surface area contributed by atoms with Crippen molar-refractivity contribution in [2.75, 3.05) is 91.6 Å². The average Bonchev–Trinajstić information content (AvgIpc) is 1.62. The van der Waals surface area contributed by atoms with Crippen molar-refractivity contribution < 1.29 is 113 Å². The number of nitrogens with two attached hydrogens (primary N) is 4. The molecule has 566 valence electrons. The Kier molecular flexibility index (Phi) is 29.0. The summed E-state index contributed by atoms with van der Waals surface area (Å²) in [5.41, 5.74) is 17.5. The van der Waals surface area contributed by atoms with Gasteiger partial charge in [-0.2, -0.15) is 68.9 Å². The van der Waals surface area contributed by atoms with E-state index in [1.807, 2.05) is 0 Å². The van der Waals surface area contributed by atoms with Gasteiger partial charge in [-0.05, 0) is 96.2 Å². The lowest BCUT2D eigenvalue weighted by Gasteiger charge is -2.44. The summed E-state index contributed by atoms with van der Waals surface area (Å²) in [6.07, 6.45) is 9.90. The Bertz CT molecular complexity index is 3220. The minimum absolute atomic E-state index is 0.000193. The van der Waals surface area contributed by atoms with E-state index in [1.54, 1.807) is 0 Å². The van der Waals surface area contributed by atoms with Crippen molar-refractivity contribution in [2.45, 2.75) is 186 Å². The molecule has 10 fully saturated rings. The van der Waals surface area contributed by atoms with Crippen LogP contribution in [0.25, 0.3) is 0 Å². The molecule has 9 heterocycles. The zero-order valence-corrected chi connectivity index (χ0v) is 58.8. The molecule has 0 aromatic heterocycles. The third kappa shape index (κ3) is 20.1. The summed E-state index contributed by atoms with van der Waals surface area (Å²) in [6, 6.07) is -0.0891. The number of rotatable bonds is 30. The molecule has 1 saturated carbocycles. The van der Waals surface area contributed by atoms with Crippen molar-refractivity contribution in [1.29, 1.82) is 0 Å². The first-order valence-electron chi connectivity index (χ1n) is 33.9. The van der Waals surface area contributed by atoms with Gasteiger partial charge in [0.15, 0.2) is 0 Å². The van der Waals surface area contributed by atoms with E-state index in [9.17, 15) is 73.3 Å². The standard InChI is InChI=1S/C14H28BN3O6S.2C13H25BN4O6S.C12H25BN4O6S/c16-14(13(19)20)10-18(9-11(14)5-4-8-15(21)22)25(23,24)17-12-6-2-1-3-7-12;15-13(12(19)20)8-17(7-9(13)2-1-4-14(21)22)25(23,24)18-5-3-10-11(18)6-16-10;15-13(12(19)20)8-17(6-9(13)2-1-4-14(21)22)25(23,24)18-7-10-11(18)3-5-16-10;14-12(11(18)19)8-17(7-9(12)2-1-4-13(20)21)24(22,23)16-10-3-5-15-6-10/h11-12,17,21-22H,1-10,16H2,(H,19,20);2*9-11,16,21-22H,1-8,15H2,(H,19,20);9-10,15-16,20-21H,1-8,14H2,(H,18,19)/t11-,14-;2*9-,10?,11?,13-;9-,10?,12-/m0000/s1. The molecule has 0 aromatic rings. The van der Waals surface area contributed by atoms with Crippen molar-refractivity contribution in [2.24, 2.45) is 46.6 Å². The van der Waals surface area contributed by atoms with Gasteiger partial charge in [-0.25, -0.2) is 0 Å². The highest BCUT2D eigenvalue weighted by atomic mass is 32.2. The summed E-state index contributed by atoms with van der Waals surface area (Å²) in [4.78, 5) is 46.6. The van der Waals surface area contributed by atoms with Crippen LogP contribution in [0.2, 0.25) is 25.3 Å². The van der Waals surface area contributed by atoms with Crippen LogP contribution in [0.15, 0.2) is 0 Å². The number of fused-ring (bicyclic) bond motifs is 2. The molecule has 25 N–H and O–H groups in total. The molecule has 99 heavy (non-hydrogen) atoms. The van der Waals surface area contributed by atoms with Crippen molar-refractivity contribution >= 4 is 93.2 Å². The van der Waals surface area contributed by atoms with Gasteiger partial charge in [0.25, 0.3) is 40.8 Å². The predicted octanol–water partition coefficient (Wildman–Crippen LogP) is -9.24. The molecule has 10 rings (SSSR count). The minimum atomic E-state index is -3.82. The second-order valence-corrected chi connectivity index (χ2v) is 35.4. The Labute approximate surface area is 579 Å². The third-order valence-electron chi connectivity index (χ3n) is 21.4. The molecule has 0 aromatic carbocycles. The minimum Gasteiger partial charge on any atom is -0.480 e. The van der Waals surface area contributed by atoms with Gasteiger partial charge in [-0.1, -0.05) is 44.9 Å². The molecule has 0 amide bonds. The number of carboxylic acids is 4. The molecular weight excluding hydrogens is 1390 g/mol. The lowest BCUT2D eigenvalue weighted by molar-refractivity contribution is -0.145. The maximum Gasteiger partial charge on any atom is 0.451 e. The van der Waals surface area contributed by atoms with Gasteiger partial charge in [0.05, 0.1) is 6.04 Å². The number of aliphatic carboxylic acids is 4. The maximum absolute atomic E-state index is 13.0. The largest absolute Gasteiger partial charge is 0.480 e. The Balaban J connectivity index is 0.000000186. The Morgan fingerprint density at radius 3 is 1.13 bits per heavy atom. The number of hydrogen-bond donors (Lipinski definition) is 21. The Morgan fingerprint density at radius 2 is 0.798 bits per heavy atom. The van der Waals surface area contributed by atoms with Crippen molar-refractivity contribution in [3.63, 3.8) is 0 Å². The molecule has 0 bridgehead atoms. The monoisotopic (exact) mass is 1490 g/mol. The first kappa shape index (κ1) is 83.3. The van der Waals surface area contributed by atoms with Gasteiger partial charge < -0.3 is 99.5 Å². The van der Waals surface area contributed by atoms with Gasteiger partial charge in [0.1, 0.15) is 22.2 Å². The number of nitrogens with zero attached hydrogens (tertiary/aromatic N) is 6. The molecule has 9 saturated heterocycles. The quantitative estimate of drug-likeness (QED) is 0.0297. The van der Waals surface area contributed by atoms with Crippen LogP contribution in [0, 0.1) is 23.7 Å². The maximum atomic E-state index is 13.0. The van der Waals surface area contributed by atoms with E-state index < -0.39 is 139 Å². The summed E-state index contributed by atoms with van der Waals surface area (Å²) >= 11 is 0. The fraction of sp³-hybridized carbons (Fsp3) is 0.923. The third-order valence-corrected chi connectivity index (χ3v) is 28.5. The Morgan fingerprint density at radius 1 is 0.424 bits per heavy atom. The van der Waals surface area contributed by atoms with Crippen LogP contribution in [0.3, 0.4) is 0 Å². The van der Waals surface area contributed by atoms with E-state index in [4.69, 9.17) is 63.1 Å². The fourth-order valence-electron chi connectivity index (χ4n) is 15.1. The predicted molar refractivity (Wildman–Crippen MR) is 359 cm³/mol. The first-order valence-corrected chi connectivity index (χ1v) is 39.6. The zero-order valence-electron chi connectivity index (χ0n) is 55.5. The van der Waals surface area contributed by atoms with Gasteiger partial charge in [-0.3, -0.25) is 19.2 Å². The topological polar surface area (TPSA) is 631 Å². The van der Waals surface area contributed by atoms with E-state index in [1.165, 1.54) is 17.2 Å². The number of nitrogens with one attached hydrogen (secondary N) is 5. The van der Waals surface area contributed by atoms with E-state index in [0.29, 0.717) is 84.0 Å². The van der Waals surface area contributed by atoms with E-state index in [0.717, 1.165) is 66.6 Å². The van der Waals surface area contributed by atoms with E-state index in [2.05, 4.69) is 25.4 Å². The second kappa shape index (κ2) is 34.5. The van der Waals surface area contributed by atoms with Crippen LogP contribution in [0.4, 0.5) is 0 Å². The van der Waals surface area contributed by atoms with Crippen molar-refractivity contribution in [3.05, 3.63) is 0 Å². The SMILES string of the molecule is N[C@@]1(C(=O)O)CN(S(=O)(=O)N2CC3NCCC32)C[C@@H]1CCCB(O)O.N[C@@]1(C(=O)O)CN(S(=O)(=O)N2CCC3NCC32)C[C@@H]1CCCB(O)O.N[C@@]1(C(=O)O)CN(S(=O)(=O)NC2CCCCC2)C[C@@H]1CCCB(O)O.N[C@@]1(C(=O)O)CN(S(=O)(=O)NC2CCNC2)C[C@@H]1CCCB(O)O. The van der Waals surface area contributed by atoms with E-state index in [-0.39, 0.29) is 114 Å². The van der Waals surface area contributed by atoms with Crippen LogP contribution >= 0.6 is 0 Å². The smallest absolute Gasteiger partial charge is 0.451 e. The molecule has 0 radical (unpaired) electrons. The molecule has 13 atom stereocenters. The summed E-state index contributed by atoms with van der Waals surface area (Å²) in [6.45, 7) is 2.47. The van der Waals surface area contributed by atoms with Crippen LogP contribution in [-0.4, -0.2) is 323 Å². The van der Waals surface area contributed by atoms with Crippen molar-refractivity contribution in [3.8, 4) is 0 Å². The summed E-state index contributed by atoms with van der Waals surface area (Å²) in [7, 11) is -21.0. The molecule has 10 aliphatic rings. The average molecular weight is 1490 g/mol. The number of carbonyl (C=O) groups is 4. The van der Waals surface area contributed by atoms with Crippen LogP contribution < -0.4 is 48.3 Å². The lowest BCUT2D eigenvalue weighted by atomic mass is 9.78. The van der Waals surface area contributed by atoms with Crippen LogP contribution in [0.5, 0.6) is 0 Å². The normalized spacial score (nSPS) is 33.2. The fourth-order valence-corrected chi connectivity index (χ4v) is 22.2. The molecule has 1 aliphatic carbocycles. The van der Waals surface area contributed by atoms with Gasteiger partial charge in [0, 0.05) is 132 Å². The molecule has 47 heteroatoms.